The molecule has 2 saturated carbocycles. The molecule has 8 heteroatoms. The number of hydrogen-bond acceptors (Lipinski definition) is 7. The van der Waals surface area contributed by atoms with Crippen LogP contribution in [0.25, 0.3) is 0 Å². The SMILES string of the molecule is CCOC1CC[C@@H](O/N=C(/C(=O)OC)c2ccc(S(=O)(=O)C3CC3)cc2)C1. The second kappa shape index (κ2) is 8.39. The van der Waals surface area contributed by atoms with Gasteiger partial charge in [0, 0.05) is 18.6 Å². The number of nitrogens with zero attached hydrogens (tertiary/aromatic N) is 1. The van der Waals surface area contributed by atoms with Crippen molar-refractivity contribution in [1.29, 1.82) is 0 Å². The van der Waals surface area contributed by atoms with Gasteiger partial charge in [0.25, 0.3) is 0 Å². The van der Waals surface area contributed by atoms with Crippen LogP contribution in [0.4, 0.5) is 0 Å². The van der Waals surface area contributed by atoms with Crippen LogP contribution >= 0.6 is 0 Å². The van der Waals surface area contributed by atoms with Gasteiger partial charge >= 0.3 is 5.97 Å². The number of carbonyl (C=O) groups is 1. The van der Waals surface area contributed by atoms with Gasteiger partial charge in [-0.3, -0.25) is 0 Å². The number of rotatable bonds is 8. The number of benzene rings is 1. The summed E-state index contributed by atoms with van der Waals surface area (Å²) in [5, 5.41) is 3.74. The highest BCUT2D eigenvalue weighted by molar-refractivity contribution is 7.92. The zero-order valence-electron chi connectivity index (χ0n) is 15.6. The number of esters is 1. The molecule has 1 aromatic rings. The molecule has 0 bridgehead atoms. The lowest BCUT2D eigenvalue weighted by molar-refractivity contribution is -0.132. The Morgan fingerprint density at radius 1 is 1.11 bits per heavy atom. The molecule has 7 nitrogen and oxygen atoms in total. The van der Waals surface area contributed by atoms with Crippen molar-refractivity contribution in [2.75, 3.05) is 13.7 Å². The van der Waals surface area contributed by atoms with E-state index < -0.39 is 15.8 Å². The first-order valence-electron chi connectivity index (χ1n) is 9.23. The number of ether oxygens (including phenoxy) is 2. The van der Waals surface area contributed by atoms with Crippen molar-refractivity contribution in [3.8, 4) is 0 Å². The first-order valence-corrected chi connectivity index (χ1v) is 10.8. The van der Waals surface area contributed by atoms with E-state index in [0.717, 1.165) is 19.3 Å². The molecule has 0 radical (unpaired) electrons. The van der Waals surface area contributed by atoms with Crippen LogP contribution in [0, 0.1) is 0 Å². The van der Waals surface area contributed by atoms with E-state index in [1.165, 1.54) is 19.2 Å². The van der Waals surface area contributed by atoms with Crippen LogP contribution in [-0.4, -0.2) is 51.3 Å². The molecule has 0 N–H and O–H groups in total. The molecule has 148 valence electrons. The molecule has 0 amide bonds. The predicted molar refractivity (Wildman–Crippen MR) is 99.3 cm³/mol. The molecule has 0 aliphatic heterocycles. The quantitative estimate of drug-likeness (QED) is 0.381. The van der Waals surface area contributed by atoms with Crippen LogP contribution in [0.2, 0.25) is 0 Å². The molecule has 1 unspecified atom stereocenters. The van der Waals surface area contributed by atoms with E-state index in [9.17, 15) is 13.2 Å². The van der Waals surface area contributed by atoms with Crippen LogP contribution in [0.5, 0.6) is 0 Å². The van der Waals surface area contributed by atoms with Crippen LogP contribution < -0.4 is 0 Å². The van der Waals surface area contributed by atoms with E-state index in [4.69, 9.17) is 14.3 Å². The Morgan fingerprint density at radius 3 is 2.37 bits per heavy atom. The summed E-state index contributed by atoms with van der Waals surface area (Å²) in [6.45, 7) is 2.61. The van der Waals surface area contributed by atoms with Gasteiger partial charge < -0.3 is 14.3 Å². The van der Waals surface area contributed by atoms with E-state index in [1.54, 1.807) is 12.1 Å². The van der Waals surface area contributed by atoms with Crippen molar-refractivity contribution in [1.82, 2.24) is 0 Å². The zero-order valence-corrected chi connectivity index (χ0v) is 16.4. The molecule has 3 rings (SSSR count). The van der Waals surface area contributed by atoms with Crippen molar-refractivity contribution >= 4 is 21.5 Å². The summed E-state index contributed by atoms with van der Waals surface area (Å²) in [5.74, 6) is -0.632. The summed E-state index contributed by atoms with van der Waals surface area (Å²) < 4.78 is 35.0. The standard InChI is InChI=1S/C19H25NO6S/c1-3-25-14-6-7-15(12-14)26-20-18(19(21)24-2)13-4-8-16(9-5-13)27(22,23)17-10-11-17/h4-5,8-9,14-15,17H,3,6-7,10-12H2,1-2H3/b20-18+/t14?,15-/m1/s1. The van der Waals surface area contributed by atoms with Gasteiger partial charge in [-0.15, -0.1) is 0 Å². The Bertz CT molecular complexity index is 798. The smallest absolute Gasteiger partial charge is 0.360 e. The van der Waals surface area contributed by atoms with Crippen molar-refractivity contribution in [2.45, 2.75) is 61.4 Å². The van der Waals surface area contributed by atoms with Crippen LogP contribution in [0.1, 0.15) is 44.6 Å². The fraction of sp³-hybridized carbons (Fsp3) is 0.579. The Labute approximate surface area is 159 Å². The van der Waals surface area contributed by atoms with Gasteiger partial charge in [0.05, 0.1) is 23.4 Å². The largest absolute Gasteiger partial charge is 0.464 e. The lowest BCUT2D eigenvalue weighted by Crippen LogP contribution is -2.19. The molecule has 2 atom stereocenters. The Kier molecular flexibility index (Phi) is 6.16. The van der Waals surface area contributed by atoms with E-state index in [2.05, 4.69) is 5.16 Å². The molecule has 0 saturated heterocycles. The van der Waals surface area contributed by atoms with E-state index in [1.807, 2.05) is 6.92 Å². The summed E-state index contributed by atoms with van der Waals surface area (Å²) >= 11 is 0. The Balaban J connectivity index is 1.74. The maximum Gasteiger partial charge on any atom is 0.360 e. The molecule has 0 aromatic heterocycles. The highest BCUT2D eigenvalue weighted by atomic mass is 32.2. The summed E-state index contributed by atoms with van der Waals surface area (Å²) in [7, 11) is -2.00. The normalized spacial score (nSPS) is 23.3. The van der Waals surface area contributed by atoms with Crippen molar-refractivity contribution in [3.63, 3.8) is 0 Å². The van der Waals surface area contributed by atoms with Crippen molar-refractivity contribution in [2.24, 2.45) is 5.16 Å². The number of hydrogen-bond donors (Lipinski definition) is 0. The average Bonchev–Trinajstić information content (AvgIpc) is 3.44. The number of oxime groups is 1. The third-order valence-electron chi connectivity index (χ3n) is 4.83. The van der Waals surface area contributed by atoms with Gasteiger partial charge in [0.15, 0.2) is 15.5 Å². The first-order chi connectivity index (χ1) is 13.0. The summed E-state index contributed by atoms with van der Waals surface area (Å²) in [6, 6.07) is 6.13. The van der Waals surface area contributed by atoms with Crippen LogP contribution in [-0.2, 0) is 28.9 Å². The minimum Gasteiger partial charge on any atom is -0.464 e. The molecule has 2 aliphatic carbocycles. The lowest BCUT2D eigenvalue weighted by atomic mass is 10.1. The minimum absolute atomic E-state index is 0.0210. The summed E-state index contributed by atoms with van der Waals surface area (Å²) in [4.78, 5) is 17.9. The van der Waals surface area contributed by atoms with Gasteiger partial charge in [-0.05, 0) is 44.7 Å². The summed E-state index contributed by atoms with van der Waals surface area (Å²) in [6.07, 6.45) is 3.88. The van der Waals surface area contributed by atoms with Gasteiger partial charge in [0.2, 0.25) is 0 Å². The molecule has 0 spiro atoms. The lowest BCUT2D eigenvalue weighted by Gasteiger charge is -2.11. The van der Waals surface area contributed by atoms with Gasteiger partial charge in [-0.25, -0.2) is 13.2 Å². The molecular formula is C19H25NO6S. The number of carbonyl (C=O) groups excluding carboxylic acids is 1. The molecular weight excluding hydrogens is 370 g/mol. The van der Waals surface area contributed by atoms with Crippen molar-refractivity contribution in [3.05, 3.63) is 29.8 Å². The first kappa shape index (κ1) is 19.8. The maximum atomic E-state index is 12.3. The molecule has 2 aliphatic rings. The van der Waals surface area contributed by atoms with Crippen LogP contribution in [0.3, 0.4) is 0 Å². The second-order valence-electron chi connectivity index (χ2n) is 6.82. The number of sulfone groups is 1. The molecule has 0 heterocycles. The Hall–Kier alpha value is -1.93. The van der Waals surface area contributed by atoms with E-state index in [0.29, 0.717) is 25.0 Å². The molecule has 27 heavy (non-hydrogen) atoms. The monoisotopic (exact) mass is 395 g/mol. The zero-order chi connectivity index (χ0) is 19.4. The topological polar surface area (TPSA) is 91.3 Å². The minimum atomic E-state index is -3.27. The van der Waals surface area contributed by atoms with E-state index >= 15 is 0 Å². The fourth-order valence-electron chi connectivity index (χ4n) is 3.19. The number of methoxy groups -OCH3 is 1. The highest BCUT2D eigenvalue weighted by Gasteiger charge is 2.36. The third-order valence-corrected chi connectivity index (χ3v) is 7.11. The third kappa shape index (κ3) is 4.68. The van der Waals surface area contributed by atoms with E-state index in [-0.39, 0.29) is 28.1 Å². The predicted octanol–water partition coefficient (Wildman–Crippen LogP) is 2.47. The maximum absolute atomic E-state index is 12.3. The Morgan fingerprint density at radius 2 is 1.78 bits per heavy atom. The second-order valence-corrected chi connectivity index (χ2v) is 9.05. The van der Waals surface area contributed by atoms with Gasteiger partial charge in [-0.2, -0.15) is 0 Å². The van der Waals surface area contributed by atoms with Gasteiger partial charge in [0.1, 0.15) is 6.10 Å². The van der Waals surface area contributed by atoms with Gasteiger partial charge in [-0.1, -0.05) is 17.3 Å². The fourth-order valence-corrected chi connectivity index (χ4v) is 4.85. The van der Waals surface area contributed by atoms with Crippen LogP contribution in [0.15, 0.2) is 34.3 Å². The highest BCUT2D eigenvalue weighted by Crippen LogP contribution is 2.33. The molecule has 2 fully saturated rings. The summed E-state index contributed by atoms with van der Waals surface area (Å²) in [5.41, 5.74) is 0.476. The van der Waals surface area contributed by atoms with Crippen molar-refractivity contribution < 1.29 is 27.5 Å². The molecule has 1 aromatic carbocycles. The average molecular weight is 395 g/mol.